The van der Waals surface area contributed by atoms with Crippen LogP contribution in [0.4, 0.5) is 0 Å². The maximum Gasteiger partial charge on any atom is 0.237 e. The molecular weight excluding hydrogens is 230 g/mol. The quantitative estimate of drug-likeness (QED) is 0.690. The van der Waals surface area contributed by atoms with Gasteiger partial charge in [0.2, 0.25) is 5.91 Å². The molecule has 0 aliphatic heterocycles. The van der Waals surface area contributed by atoms with E-state index in [-0.39, 0.29) is 5.91 Å². The largest absolute Gasteiger partial charge is 0.347 e. The van der Waals surface area contributed by atoms with Crippen LogP contribution in [0.25, 0.3) is 0 Å². The molecule has 18 heavy (non-hydrogen) atoms. The first kappa shape index (κ1) is 12.3. The van der Waals surface area contributed by atoms with Crippen molar-refractivity contribution in [3.63, 3.8) is 0 Å². The summed E-state index contributed by atoms with van der Waals surface area (Å²) in [5.41, 5.74) is 6.87. The fourth-order valence-electron chi connectivity index (χ4n) is 1.58. The van der Waals surface area contributed by atoms with Gasteiger partial charge in [0, 0.05) is 0 Å². The SMILES string of the molecule is N[C@H](Cc1ccccc1)C(=O)NCc1ncn[nH]1. The van der Waals surface area contributed by atoms with Crippen molar-refractivity contribution in [3.05, 3.63) is 48.0 Å². The van der Waals surface area contributed by atoms with Crippen LogP contribution in [0.1, 0.15) is 11.4 Å². The van der Waals surface area contributed by atoms with Gasteiger partial charge in [0.05, 0.1) is 12.6 Å². The number of nitrogens with one attached hydrogen (secondary N) is 2. The van der Waals surface area contributed by atoms with Gasteiger partial charge >= 0.3 is 0 Å². The van der Waals surface area contributed by atoms with Crippen molar-refractivity contribution in [1.29, 1.82) is 0 Å². The van der Waals surface area contributed by atoms with E-state index < -0.39 is 6.04 Å². The molecule has 0 radical (unpaired) electrons. The summed E-state index contributed by atoms with van der Waals surface area (Å²) < 4.78 is 0. The number of benzene rings is 1. The lowest BCUT2D eigenvalue weighted by atomic mass is 10.1. The Balaban J connectivity index is 1.82. The van der Waals surface area contributed by atoms with Crippen molar-refractivity contribution in [3.8, 4) is 0 Å². The molecule has 0 aliphatic rings. The first-order valence-corrected chi connectivity index (χ1v) is 5.67. The van der Waals surface area contributed by atoms with Crippen molar-refractivity contribution < 1.29 is 4.79 Å². The zero-order valence-electron chi connectivity index (χ0n) is 9.84. The van der Waals surface area contributed by atoms with E-state index in [0.29, 0.717) is 18.8 Å². The normalized spacial score (nSPS) is 12.1. The number of hydrogen-bond acceptors (Lipinski definition) is 4. The number of carbonyl (C=O) groups is 1. The first-order chi connectivity index (χ1) is 8.75. The second-order valence-corrected chi connectivity index (χ2v) is 3.95. The van der Waals surface area contributed by atoms with E-state index in [1.54, 1.807) is 0 Å². The third-order valence-corrected chi connectivity index (χ3v) is 2.53. The van der Waals surface area contributed by atoms with Gasteiger partial charge in [-0.2, -0.15) is 5.10 Å². The summed E-state index contributed by atoms with van der Waals surface area (Å²) >= 11 is 0. The fourth-order valence-corrected chi connectivity index (χ4v) is 1.58. The van der Waals surface area contributed by atoms with E-state index in [1.807, 2.05) is 30.3 Å². The van der Waals surface area contributed by atoms with Gasteiger partial charge < -0.3 is 11.1 Å². The third-order valence-electron chi connectivity index (χ3n) is 2.53. The van der Waals surface area contributed by atoms with Crippen LogP contribution in [0.15, 0.2) is 36.7 Å². The molecule has 2 aromatic rings. The van der Waals surface area contributed by atoms with Crippen molar-refractivity contribution in [2.45, 2.75) is 19.0 Å². The number of aromatic amines is 1. The summed E-state index contributed by atoms with van der Waals surface area (Å²) in [4.78, 5) is 15.7. The molecule has 1 heterocycles. The zero-order chi connectivity index (χ0) is 12.8. The van der Waals surface area contributed by atoms with E-state index in [9.17, 15) is 4.79 Å². The smallest absolute Gasteiger partial charge is 0.237 e. The maximum absolute atomic E-state index is 11.7. The van der Waals surface area contributed by atoms with E-state index in [2.05, 4.69) is 20.5 Å². The van der Waals surface area contributed by atoms with Gasteiger partial charge in [0.1, 0.15) is 12.2 Å². The second kappa shape index (κ2) is 5.92. The van der Waals surface area contributed by atoms with Crippen LogP contribution in [0.5, 0.6) is 0 Å². The van der Waals surface area contributed by atoms with Crippen LogP contribution in [0.3, 0.4) is 0 Å². The Morgan fingerprint density at radius 3 is 2.83 bits per heavy atom. The van der Waals surface area contributed by atoms with Gasteiger partial charge in [-0.15, -0.1) is 0 Å². The van der Waals surface area contributed by atoms with Crippen LogP contribution >= 0.6 is 0 Å². The molecular formula is C12H15N5O. The van der Waals surface area contributed by atoms with Gasteiger partial charge in [-0.1, -0.05) is 30.3 Å². The minimum atomic E-state index is -0.560. The topological polar surface area (TPSA) is 96.7 Å². The Morgan fingerprint density at radius 2 is 2.17 bits per heavy atom. The molecule has 0 spiro atoms. The van der Waals surface area contributed by atoms with E-state index in [1.165, 1.54) is 6.33 Å². The monoisotopic (exact) mass is 245 g/mol. The van der Waals surface area contributed by atoms with E-state index >= 15 is 0 Å². The number of carbonyl (C=O) groups excluding carboxylic acids is 1. The van der Waals surface area contributed by atoms with Gasteiger partial charge in [-0.05, 0) is 12.0 Å². The van der Waals surface area contributed by atoms with Crippen molar-refractivity contribution in [1.82, 2.24) is 20.5 Å². The average molecular weight is 245 g/mol. The second-order valence-electron chi connectivity index (χ2n) is 3.95. The number of hydrogen-bond donors (Lipinski definition) is 3. The molecule has 2 rings (SSSR count). The number of aromatic nitrogens is 3. The molecule has 6 heteroatoms. The third kappa shape index (κ3) is 3.39. The molecule has 1 aromatic heterocycles. The zero-order valence-corrected chi connectivity index (χ0v) is 9.84. The predicted molar refractivity (Wildman–Crippen MR) is 66.4 cm³/mol. The summed E-state index contributed by atoms with van der Waals surface area (Å²) in [7, 11) is 0. The van der Waals surface area contributed by atoms with Crippen molar-refractivity contribution in [2.75, 3.05) is 0 Å². The molecule has 0 fully saturated rings. The van der Waals surface area contributed by atoms with Crippen LogP contribution in [-0.4, -0.2) is 27.1 Å². The van der Waals surface area contributed by atoms with Crippen LogP contribution in [0.2, 0.25) is 0 Å². The van der Waals surface area contributed by atoms with Crippen LogP contribution < -0.4 is 11.1 Å². The maximum atomic E-state index is 11.7. The van der Waals surface area contributed by atoms with Crippen molar-refractivity contribution in [2.24, 2.45) is 5.73 Å². The van der Waals surface area contributed by atoms with Gasteiger partial charge in [0.15, 0.2) is 0 Å². The number of amides is 1. The molecule has 0 saturated carbocycles. The number of H-pyrrole nitrogens is 1. The minimum absolute atomic E-state index is 0.199. The Labute approximate surface area is 105 Å². The lowest BCUT2D eigenvalue weighted by Crippen LogP contribution is -2.41. The molecule has 0 saturated heterocycles. The van der Waals surface area contributed by atoms with Crippen molar-refractivity contribution >= 4 is 5.91 Å². The van der Waals surface area contributed by atoms with Gasteiger partial charge in [-0.3, -0.25) is 9.89 Å². The highest BCUT2D eigenvalue weighted by atomic mass is 16.2. The van der Waals surface area contributed by atoms with E-state index in [4.69, 9.17) is 5.73 Å². The molecule has 0 unspecified atom stereocenters. The molecule has 1 amide bonds. The van der Waals surface area contributed by atoms with E-state index in [0.717, 1.165) is 5.56 Å². The van der Waals surface area contributed by atoms with Crippen LogP contribution in [-0.2, 0) is 17.8 Å². The molecule has 0 bridgehead atoms. The molecule has 1 aromatic carbocycles. The lowest BCUT2D eigenvalue weighted by molar-refractivity contribution is -0.122. The summed E-state index contributed by atoms with van der Waals surface area (Å²) in [6.45, 7) is 0.307. The summed E-state index contributed by atoms with van der Waals surface area (Å²) in [6.07, 6.45) is 1.91. The molecule has 0 aliphatic carbocycles. The first-order valence-electron chi connectivity index (χ1n) is 5.67. The minimum Gasteiger partial charge on any atom is -0.347 e. The highest BCUT2D eigenvalue weighted by Crippen LogP contribution is 2.01. The lowest BCUT2D eigenvalue weighted by Gasteiger charge is -2.11. The van der Waals surface area contributed by atoms with Gasteiger partial charge in [-0.25, -0.2) is 4.98 Å². The average Bonchev–Trinajstić information content (AvgIpc) is 2.90. The number of nitrogens with two attached hydrogens (primary N) is 1. The Kier molecular flexibility index (Phi) is 4.03. The molecule has 6 nitrogen and oxygen atoms in total. The summed E-state index contributed by atoms with van der Waals surface area (Å²) in [5, 5.41) is 9.07. The standard InChI is InChI=1S/C12H15N5O/c13-10(6-9-4-2-1-3-5-9)12(18)14-7-11-15-8-16-17-11/h1-5,8,10H,6-7,13H2,(H,14,18)(H,15,16,17)/t10-/m1/s1. The van der Waals surface area contributed by atoms with Crippen LogP contribution in [0, 0.1) is 0 Å². The summed E-state index contributed by atoms with van der Waals surface area (Å²) in [5.74, 6) is 0.408. The predicted octanol–water partition coefficient (Wildman–Crippen LogP) is -0.00910. The molecule has 94 valence electrons. The summed E-state index contributed by atoms with van der Waals surface area (Å²) in [6, 6.07) is 9.12. The highest BCUT2D eigenvalue weighted by molar-refractivity contribution is 5.81. The number of rotatable bonds is 5. The fraction of sp³-hybridized carbons (Fsp3) is 0.250. The highest BCUT2D eigenvalue weighted by Gasteiger charge is 2.13. The Hall–Kier alpha value is -2.21. The Bertz CT molecular complexity index is 482. The molecule has 4 N–H and O–H groups in total. The Morgan fingerprint density at radius 1 is 1.39 bits per heavy atom. The van der Waals surface area contributed by atoms with Gasteiger partial charge in [0.25, 0.3) is 0 Å². The number of nitrogens with zero attached hydrogens (tertiary/aromatic N) is 2. The molecule has 1 atom stereocenters.